The lowest BCUT2D eigenvalue weighted by Crippen LogP contribution is -2.36. The highest BCUT2D eigenvalue weighted by atomic mass is 16.5. The molecule has 0 spiro atoms. The van der Waals surface area contributed by atoms with Gasteiger partial charge in [-0.1, -0.05) is 6.07 Å². The lowest BCUT2D eigenvalue weighted by molar-refractivity contribution is 0.0373. The second-order valence-electron chi connectivity index (χ2n) is 6.29. The average molecular weight is 364 g/mol. The van der Waals surface area contributed by atoms with Crippen LogP contribution in [0.4, 0.5) is 0 Å². The summed E-state index contributed by atoms with van der Waals surface area (Å²) < 4.78 is 15.9. The molecule has 1 aromatic rings. The molecule has 1 fully saturated rings. The molecule has 1 aromatic carbocycles. The summed E-state index contributed by atoms with van der Waals surface area (Å²) in [5.41, 5.74) is 7.09. The quantitative estimate of drug-likeness (QED) is 0.370. The molecular weight excluding hydrogens is 332 g/mol. The maximum absolute atomic E-state index is 5.93. The number of methoxy groups -OCH3 is 2. The van der Waals surface area contributed by atoms with Crippen LogP contribution in [0.2, 0.25) is 0 Å². The highest BCUT2D eigenvalue weighted by Gasteiger charge is 2.09. The molecule has 0 aromatic heterocycles. The zero-order valence-corrected chi connectivity index (χ0v) is 16.0. The first-order valence-electron chi connectivity index (χ1n) is 9.27. The summed E-state index contributed by atoms with van der Waals surface area (Å²) in [6, 6.07) is 5.93. The van der Waals surface area contributed by atoms with E-state index in [9.17, 15) is 0 Å². The van der Waals surface area contributed by atoms with Gasteiger partial charge < -0.3 is 25.3 Å². The van der Waals surface area contributed by atoms with Crippen molar-refractivity contribution in [1.82, 2.24) is 10.2 Å². The maximum Gasteiger partial charge on any atom is 0.188 e. The highest BCUT2D eigenvalue weighted by Crippen LogP contribution is 2.27. The Balaban J connectivity index is 1.60. The monoisotopic (exact) mass is 364 g/mol. The van der Waals surface area contributed by atoms with E-state index in [0.29, 0.717) is 5.96 Å². The molecule has 1 aliphatic heterocycles. The van der Waals surface area contributed by atoms with Crippen molar-refractivity contribution in [2.75, 3.05) is 60.2 Å². The molecule has 1 saturated heterocycles. The van der Waals surface area contributed by atoms with Crippen molar-refractivity contribution in [3.63, 3.8) is 0 Å². The number of nitrogens with zero attached hydrogens (tertiary/aromatic N) is 2. The summed E-state index contributed by atoms with van der Waals surface area (Å²) in [4.78, 5) is 6.84. The van der Waals surface area contributed by atoms with Crippen LogP contribution in [0.5, 0.6) is 11.5 Å². The van der Waals surface area contributed by atoms with Crippen LogP contribution in [-0.4, -0.2) is 71.0 Å². The molecule has 0 radical (unpaired) electrons. The Labute approximate surface area is 156 Å². The first kappa shape index (κ1) is 20.3. The number of rotatable bonds is 10. The topological polar surface area (TPSA) is 81.3 Å². The molecule has 26 heavy (non-hydrogen) atoms. The van der Waals surface area contributed by atoms with Gasteiger partial charge in [-0.05, 0) is 43.5 Å². The van der Waals surface area contributed by atoms with Crippen molar-refractivity contribution in [2.45, 2.75) is 19.3 Å². The first-order chi connectivity index (χ1) is 12.7. The van der Waals surface area contributed by atoms with Crippen LogP contribution in [0.1, 0.15) is 18.4 Å². The van der Waals surface area contributed by atoms with E-state index in [4.69, 9.17) is 19.9 Å². The molecule has 3 N–H and O–H groups in total. The molecule has 0 saturated carbocycles. The van der Waals surface area contributed by atoms with Gasteiger partial charge in [0.2, 0.25) is 0 Å². The summed E-state index contributed by atoms with van der Waals surface area (Å²) in [6.07, 6.45) is 3.03. The van der Waals surface area contributed by atoms with E-state index in [1.165, 1.54) is 0 Å². The molecule has 0 amide bonds. The predicted octanol–water partition coefficient (Wildman–Crippen LogP) is 1.26. The minimum atomic E-state index is 0.511. The Morgan fingerprint density at radius 3 is 2.69 bits per heavy atom. The molecule has 0 aliphatic carbocycles. The predicted molar refractivity (Wildman–Crippen MR) is 104 cm³/mol. The Bertz CT molecular complexity index is 560. The Hall–Kier alpha value is -1.99. The van der Waals surface area contributed by atoms with E-state index < -0.39 is 0 Å². The summed E-state index contributed by atoms with van der Waals surface area (Å²) in [5.74, 6) is 1.99. The highest BCUT2D eigenvalue weighted by molar-refractivity contribution is 5.77. The third kappa shape index (κ3) is 7.09. The number of nitrogens with two attached hydrogens (primary N) is 1. The number of hydrogen-bond acceptors (Lipinski definition) is 5. The van der Waals surface area contributed by atoms with Gasteiger partial charge in [0, 0.05) is 26.2 Å². The van der Waals surface area contributed by atoms with Gasteiger partial charge in [0.1, 0.15) is 0 Å². The van der Waals surface area contributed by atoms with Crippen molar-refractivity contribution in [3.8, 4) is 11.5 Å². The van der Waals surface area contributed by atoms with Crippen LogP contribution in [0.25, 0.3) is 0 Å². The smallest absolute Gasteiger partial charge is 0.188 e. The molecule has 0 atom stereocenters. The third-order valence-corrected chi connectivity index (χ3v) is 4.44. The standard InChI is InChI=1S/C19H32N4O3/c1-24-17-6-5-16(15-18(17)25-2)7-9-22-19(20)21-8-3-4-10-23-11-13-26-14-12-23/h5-6,15H,3-4,7-14H2,1-2H3,(H3,20,21,22). The normalized spacial score (nSPS) is 15.7. The molecule has 1 heterocycles. The molecule has 146 valence electrons. The zero-order chi connectivity index (χ0) is 18.6. The van der Waals surface area contributed by atoms with Gasteiger partial charge >= 0.3 is 0 Å². The fourth-order valence-electron chi connectivity index (χ4n) is 2.90. The minimum absolute atomic E-state index is 0.511. The van der Waals surface area contributed by atoms with Crippen molar-refractivity contribution >= 4 is 5.96 Å². The molecule has 2 rings (SSSR count). The second kappa shape index (κ2) is 11.6. The van der Waals surface area contributed by atoms with Gasteiger partial charge in [-0.3, -0.25) is 9.89 Å². The third-order valence-electron chi connectivity index (χ3n) is 4.44. The summed E-state index contributed by atoms with van der Waals surface area (Å²) in [6.45, 7) is 6.42. The van der Waals surface area contributed by atoms with Crippen molar-refractivity contribution < 1.29 is 14.2 Å². The number of morpholine rings is 1. The van der Waals surface area contributed by atoms with Gasteiger partial charge in [0.25, 0.3) is 0 Å². The van der Waals surface area contributed by atoms with Crippen LogP contribution >= 0.6 is 0 Å². The summed E-state index contributed by atoms with van der Waals surface area (Å²) in [7, 11) is 3.28. The largest absolute Gasteiger partial charge is 0.493 e. The van der Waals surface area contributed by atoms with E-state index >= 15 is 0 Å². The Kier molecular flexibility index (Phi) is 9.06. The van der Waals surface area contributed by atoms with Crippen molar-refractivity contribution in [3.05, 3.63) is 23.8 Å². The van der Waals surface area contributed by atoms with E-state index in [2.05, 4.69) is 15.2 Å². The lowest BCUT2D eigenvalue weighted by atomic mass is 10.1. The van der Waals surface area contributed by atoms with Crippen LogP contribution in [-0.2, 0) is 11.2 Å². The SMILES string of the molecule is COc1ccc(CCNC(N)=NCCCCN2CCOCC2)cc1OC. The number of unbranched alkanes of at least 4 members (excludes halogenated alkanes) is 1. The number of nitrogens with one attached hydrogen (secondary N) is 1. The van der Waals surface area contributed by atoms with Crippen LogP contribution < -0.4 is 20.5 Å². The van der Waals surface area contributed by atoms with Crippen LogP contribution in [0.3, 0.4) is 0 Å². The first-order valence-corrected chi connectivity index (χ1v) is 9.27. The molecule has 7 heteroatoms. The van der Waals surface area contributed by atoms with Gasteiger partial charge in [0.15, 0.2) is 17.5 Å². The van der Waals surface area contributed by atoms with Crippen LogP contribution in [0.15, 0.2) is 23.2 Å². The molecule has 0 unspecified atom stereocenters. The fourth-order valence-corrected chi connectivity index (χ4v) is 2.90. The minimum Gasteiger partial charge on any atom is -0.493 e. The van der Waals surface area contributed by atoms with Crippen molar-refractivity contribution in [2.24, 2.45) is 10.7 Å². The van der Waals surface area contributed by atoms with E-state index in [0.717, 1.165) is 82.3 Å². The van der Waals surface area contributed by atoms with Gasteiger partial charge in [-0.15, -0.1) is 0 Å². The number of hydrogen-bond donors (Lipinski definition) is 2. The number of aliphatic imine (C=N–C) groups is 1. The van der Waals surface area contributed by atoms with Crippen LogP contribution in [0, 0.1) is 0 Å². The maximum atomic E-state index is 5.93. The summed E-state index contributed by atoms with van der Waals surface area (Å²) in [5, 5.41) is 3.17. The van der Waals surface area contributed by atoms with Crippen molar-refractivity contribution in [1.29, 1.82) is 0 Å². The fraction of sp³-hybridized carbons (Fsp3) is 0.632. The lowest BCUT2D eigenvalue weighted by Gasteiger charge is -2.26. The van der Waals surface area contributed by atoms with Gasteiger partial charge in [0.05, 0.1) is 27.4 Å². The number of ether oxygens (including phenoxy) is 3. The number of guanidine groups is 1. The average Bonchev–Trinajstić information content (AvgIpc) is 2.68. The van der Waals surface area contributed by atoms with E-state index in [1.54, 1.807) is 14.2 Å². The molecule has 0 bridgehead atoms. The molecular formula is C19H32N4O3. The second-order valence-corrected chi connectivity index (χ2v) is 6.29. The Morgan fingerprint density at radius 2 is 1.96 bits per heavy atom. The van der Waals surface area contributed by atoms with E-state index in [-0.39, 0.29) is 0 Å². The molecule has 1 aliphatic rings. The molecule has 7 nitrogen and oxygen atoms in total. The zero-order valence-electron chi connectivity index (χ0n) is 16.0. The van der Waals surface area contributed by atoms with Gasteiger partial charge in [-0.25, -0.2) is 0 Å². The number of benzene rings is 1. The van der Waals surface area contributed by atoms with Gasteiger partial charge in [-0.2, -0.15) is 0 Å². The van der Waals surface area contributed by atoms with E-state index in [1.807, 2.05) is 18.2 Å². The summed E-state index contributed by atoms with van der Waals surface area (Å²) >= 11 is 0. The Morgan fingerprint density at radius 1 is 1.19 bits per heavy atom.